The zero-order chi connectivity index (χ0) is 16.9. The maximum absolute atomic E-state index is 12.3. The van der Waals surface area contributed by atoms with Crippen molar-refractivity contribution in [3.8, 4) is 11.3 Å². The summed E-state index contributed by atoms with van der Waals surface area (Å²) in [4.78, 5) is 19.1. The number of hydrogen-bond acceptors (Lipinski definition) is 4. The van der Waals surface area contributed by atoms with Gasteiger partial charge in [-0.3, -0.25) is 4.79 Å². The van der Waals surface area contributed by atoms with Crippen LogP contribution >= 0.6 is 11.3 Å². The molecule has 0 saturated carbocycles. The third-order valence-electron chi connectivity index (χ3n) is 4.51. The van der Waals surface area contributed by atoms with Crippen molar-refractivity contribution in [2.75, 3.05) is 19.7 Å². The van der Waals surface area contributed by atoms with Crippen LogP contribution in [-0.2, 0) is 9.53 Å². The second kappa shape index (κ2) is 7.90. The Morgan fingerprint density at radius 3 is 2.71 bits per heavy atom. The van der Waals surface area contributed by atoms with E-state index >= 15 is 0 Å². The Morgan fingerprint density at radius 1 is 1.33 bits per heavy atom. The number of ether oxygens (including phenoxy) is 1. The summed E-state index contributed by atoms with van der Waals surface area (Å²) in [6.45, 7) is 5.92. The maximum Gasteiger partial charge on any atom is 0.251 e. The molecule has 1 aromatic heterocycles. The Kier molecular flexibility index (Phi) is 5.63. The van der Waals surface area contributed by atoms with Gasteiger partial charge in [-0.15, -0.1) is 11.3 Å². The van der Waals surface area contributed by atoms with Crippen LogP contribution in [0.3, 0.4) is 0 Å². The quantitative estimate of drug-likeness (QED) is 0.825. The Hall–Kier alpha value is -1.72. The molecular weight excluding hydrogens is 320 g/mol. The Balaban J connectivity index is 1.59. The molecule has 1 fully saturated rings. The van der Waals surface area contributed by atoms with Crippen LogP contribution in [0, 0.1) is 0 Å². The minimum absolute atomic E-state index is 0.111. The molecule has 3 rings (SSSR count). The number of hydrogen-bond donors (Lipinski definition) is 0. The Morgan fingerprint density at radius 2 is 2.04 bits per heavy atom. The predicted molar refractivity (Wildman–Crippen MR) is 97.2 cm³/mol. The fourth-order valence-corrected chi connectivity index (χ4v) is 4.14. The van der Waals surface area contributed by atoms with Gasteiger partial charge in [0.05, 0.1) is 10.7 Å². The summed E-state index contributed by atoms with van der Waals surface area (Å²) in [5.41, 5.74) is 2.22. The van der Waals surface area contributed by atoms with E-state index in [-0.39, 0.29) is 12.0 Å². The molecule has 0 bridgehead atoms. The van der Waals surface area contributed by atoms with Gasteiger partial charge in [0, 0.05) is 36.6 Å². The Labute approximate surface area is 147 Å². The lowest BCUT2D eigenvalue weighted by atomic mass is 9.97. The molecule has 1 amide bonds. The van der Waals surface area contributed by atoms with E-state index in [1.807, 2.05) is 36.9 Å². The summed E-state index contributed by atoms with van der Waals surface area (Å²) in [6.07, 6.45) is 1.62. The minimum atomic E-state index is -0.337. The summed E-state index contributed by atoms with van der Waals surface area (Å²) in [5, 5.41) is 3.33. The first-order chi connectivity index (χ1) is 11.7. The van der Waals surface area contributed by atoms with E-state index in [1.54, 1.807) is 11.3 Å². The van der Waals surface area contributed by atoms with E-state index < -0.39 is 0 Å². The number of carbonyl (C=O) groups excluding carboxylic acids is 1. The fraction of sp³-hybridized carbons (Fsp3) is 0.474. The van der Waals surface area contributed by atoms with E-state index in [9.17, 15) is 4.79 Å². The van der Waals surface area contributed by atoms with Crippen molar-refractivity contribution < 1.29 is 9.53 Å². The molecular formula is C19H24N2O2S. The van der Waals surface area contributed by atoms with Crippen molar-refractivity contribution >= 4 is 17.2 Å². The van der Waals surface area contributed by atoms with Gasteiger partial charge in [0.25, 0.3) is 5.91 Å². The molecule has 0 spiro atoms. The SMILES string of the molecule is CCO[C@H](C)C(=O)N1CCC(c2nc(-c3ccccc3)cs2)CC1. The number of rotatable bonds is 5. The first-order valence-corrected chi connectivity index (χ1v) is 9.48. The standard InChI is InChI=1S/C19H24N2O2S/c1-3-23-14(2)19(22)21-11-9-16(10-12-21)18-20-17(13-24-18)15-7-5-4-6-8-15/h4-8,13-14,16H,3,9-12H2,1-2H3/t14-/m1/s1. The molecule has 2 heterocycles. The lowest BCUT2D eigenvalue weighted by molar-refractivity contribution is -0.143. The molecule has 24 heavy (non-hydrogen) atoms. The Bertz CT molecular complexity index is 663. The summed E-state index contributed by atoms with van der Waals surface area (Å²) in [6, 6.07) is 10.3. The maximum atomic E-state index is 12.3. The van der Waals surface area contributed by atoms with Gasteiger partial charge in [0.2, 0.25) is 0 Å². The van der Waals surface area contributed by atoms with E-state index in [1.165, 1.54) is 5.01 Å². The van der Waals surface area contributed by atoms with Crippen LogP contribution < -0.4 is 0 Å². The molecule has 1 aromatic carbocycles. The molecule has 0 unspecified atom stereocenters. The minimum Gasteiger partial charge on any atom is -0.369 e. The van der Waals surface area contributed by atoms with Crippen molar-refractivity contribution in [3.63, 3.8) is 0 Å². The number of aromatic nitrogens is 1. The summed E-state index contributed by atoms with van der Waals surface area (Å²) in [5.74, 6) is 0.568. The van der Waals surface area contributed by atoms with Gasteiger partial charge in [-0.05, 0) is 26.7 Å². The third kappa shape index (κ3) is 3.84. The number of nitrogens with zero attached hydrogens (tertiary/aromatic N) is 2. The highest BCUT2D eigenvalue weighted by molar-refractivity contribution is 7.10. The van der Waals surface area contributed by atoms with E-state index in [2.05, 4.69) is 17.5 Å². The highest BCUT2D eigenvalue weighted by atomic mass is 32.1. The van der Waals surface area contributed by atoms with Crippen LogP contribution in [0.5, 0.6) is 0 Å². The lowest BCUT2D eigenvalue weighted by Crippen LogP contribution is -2.43. The largest absolute Gasteiger partial charge is 0.369 e. The molecule has 1 atom stereocenters. The number of amides is 1. The molecule has 0 N–H and O–H groups in total. The topological polar surface area (TPSA) is 42.4 Å². The van der Waals surface area contributed by atoms with Crippen molar-refractivity contribution in [2.24, 2.45) is 0 Å². The van der Waals surface area contributed by atoms with Gasteiger partial charge < -0.3 is 9.64 Å². The van der Waals surface area contributed by atoms with Crippen molar-refractivity contribution in [3.05, 3.63) is 40.7 Å². The summed E-state index contributed by atoms with van der Waals surface area (Å²) < 4.78 is 5.42. The van der Waals surface area contributed by atoms with Gasteiger partial charge >= 0.3 is 0 Å². The van der Waals surface area contributed by atoms with E-state index in [0.29, 0.717) is 12.5 Å². The average Bonchev–Trinajstić information content (AvgIpc) is 3.12. The highest BCUT2D eigenvalue weighted by Crippen LogP contribution is 2.33. The normalized spacial score (nSPS) is 17.0. The highest BCUT2D eigenvalue weighted by Gasteiger charge is 2.28. The van der Waals surface area contributed by atoms with Gasteiger partial charge in [-0.2, -0.15) is 0 Å². The van der Waals surface area contributed by atoms with Crippen LogP contribution in [0.2, 0.25) is 0 Å². The monoisotopic (exact) mass is 344 g/mol. The average molecular weight is 344 g/mol. The molecule has 0 radical (unpaired) electrons. The third-order valence-corrected chi connectivity index (χ3v) is 5.52. The van der Waals surface area contributed by atoms with Crippen LogP contribution in [0.4, 0.5) is 0 Å². The van der Waals surface area contributed by atoms with Crippen LogP contribution in [-0.4, -0.2) is 41.6 Å². The van der Waals surface area contributed by atoms with Crippen molar-refractivity contribution in [1.29, 1.82) is 0 Å². The summed E-state index contributed by atoms with van der Waals surface area (Å²) in [7, 11) is 0. The number of benzene rings is 1. The molecule has 1 aliphatic heterocycles. The summed E-state index contributed by atoms with van der Waals surface area (Å²) >= 11 is 1.74. The molecule has 4 nitrogen and oxygen atoms in total. The molecule has 128 valence electrons. The number of carbonyl (C=O) groups is 1. The van der Waals surface area contributed by atoms with Crippen LogP contribution in [0.1, 0.15) is 37.6 Å². The fourth-order valence-electron chi connectivity index (χ4n) is 3.14. The molecule has 0 aliphatic carbocycles. The van der Waals surface area contributed by atoms with Gasteiger partial charge in [0.15, 0.2) is 0 Å². The molecule has 2 aromatic rings. The van der Waals surface area contributed by atoms with Crippen LogP contribution in [0.25, 0.3) is 11.3 Å². The zero-order valence-electron chi connectivity index (χ0n) is 14.3. The molecule has 1 aliphatic rings. The first-order valence-electron chi connectivity index (χ1n) is 8.60. The smallest absolute Gasteiger partial charge is 0.251 e. The number of thiazole rings is 1. The van der Waals surface area contributed by atoms with Gasteiger partial charge in [0.1, 0.15) is 6.10 Å². The van der Waals surface area contributed by atoms with Gasteiger partial charge in [-0.25, -0.2) is 4.98 Å². The lowest BCUT2D eigenvalue weighted by Gasteiger charge is -2.32. The van der Waals surface area contributed by atoms with Crippen molar-refractivity contribution in [2.45, 2.75) is 38.7 Å². The molecule has 5 heteroatoms. The zero-order valence-corrected chi connectivity index (χ0v) is 15.1. The second-order valence-corrected chi connectivity index (χ2v) is 7.02. The first kappa shape index (κ1) is 17.1. The van der Waals surface area contributed by atoms with E-state index in [0.717, 1.165) is 37.2 Å². The van der Waals surface area contributed by atoms with Crippen molar-refractivity contribution in [1.82, 2.24) is 9.88 Å². The number of likely N-dealkylation sites (tertiary alicyclic amines) is 1. The van der Waals surface area contributed by atoms with E-state index in [4.69, 9.17) is 9.72 Å². The van der Waals surface area contributed by atoms with Gasteiger partial charge in [-0.1, -0.05) is 30.3 Å². The second-order valence-electron chi connectivity index (χ2n) is 6.13. The number of piperidine rings is 1. The predicted octanol–water partition coefficient (Wildman–Crippen LogP) is 3.94. The molecule has 1 saturated heterocycles. The van der Waals surface area contributed by atoms with Crippen LogP contribution in [0.15, 0.2) is 35.7 Å².